The van der Waals surface area contributed by atoms with E-state index in [1.165, 1.54) is 0 Å². The van der Waals surface area contributed by atoms with Gasteiger partial charge >= 0.3 is 0 Å². The van der Waals surface area contributed by atoms with Crippen LogP contribution >= 0.6 is 23.2 Å². The number of halogens is 2. The van der Waals surface area contributed by atoms with Gasteiger partial charge in [-0.3, -0.25) is 0 Å². The molecular weight excluding hydrogens is 245 g/mol. The van der Waals surface area contributed by atoms with E-state index in [2.05, 4.69) is 5.32 Å². The maximum absolute atomic E-state index is 9.81. The average molecular weight is 262 g/mol. The molecule has 16 heavy (non-hydrogen) atoms. The molecule has 1 rings (SSSR count). The zero-order chi connectivity index (χ0) is 12.2. The van der Waals surface area contributed by atoms with Gasteiger partial charge in [0.15, 0.2) is 0 Å². The second-order valence-corrected chi connectivity index (χ2v) is 4.97. The van der Waals surface area contributed by atoms with Crippen LogP contribution in [0.3, 0.4) is 0 Å². The smallest absolute Gasteiger partial charge is 0.0741 e. The molecule has 0 spiro atoms. The lowest BCUT2D eigenvalue weighted by Crippen LogP contribution is -2.36. The van der Waals surface area contributed by atoms with Crippen molar-refractivity contribution in [3.05, 3.63) is 33.8 Å². The van der Waals surface area contributed by atoms with Crippen LogP contribution in [0.2, 0.25) is 10.0 Å². The molecule has 0 aromatic heterocycles. The van der Waals surface area contributed by atoms with Gasteiger partial charge in [-0.2, -0.15) is 0 Å². The first kappa shape index (κ1) is 13.8. The SMILES string of the molecule is CCC(C)(O)CNCc1c(Cl)cccc1Cl. The van der Waals surface area contributed by atoms with E-state index in [1.54, 1.807) is 6.92 Å². The van der Waals surface area contributed by atoms with Crippen molar-refractivity contribution in [1.29, 1.82) is 0 Å². The summed E-state index contributed by atoms with van der Waals surface area (Å²) in [4.78, 5) is 0. The van der Waals surface area contributed by atoms with Gasteiger partial charge in [0.1, 0.15) is 0 Å². The molecule has 1 atom stereocenters. The molecule has 2 nitrogen and oxygen atoms in total. The molecule has 0 amide bonds. The van der Waals surface area contributed by atoms with Crippen molar-refractivity contribution in [3.63, 3.8) is 0 Å². The Morgan fingerprint density at radius 2 is 1.88 bits per heavy atom. The predicted octanol–water partition coefficient (Wildman–Crippen LogP) is 3.24. The Kier molecular flexibility index (Phi) is 5.06. The van der Waals surface area contributed by atoms with Gasteiger partial charge in [0, 0.05) is 28.7 Å². The molecule has 0 aliphatic rings. The summed E-state index contributed by atoms with van der Waals surface area (Å²) in [5.74, 6) is 0. The van der Waals surface area contributed by atoms with Gasteiger partial charge in [-0.15, -0.1) is 0 Å². The molecule has 0 saturated heterocycles. The van der Waals surface area contributed by atoms with Crippen LogP contribution in [0.4, 0.5) is 0 Å². The van der Waals surface area contributed by atoms with E-state index >= 15 is 0 Å². The van der Waals surface area contributed by atoms with Crippen LogP contribution in [-0.2, 0) is 6.54 Å². The number of hydrogen-bond acceptors (Lipinski definition) is 2. The molecule has 0 bridgehead atoms. The zero-order valence-electron chi connectivity index (χ0n) is 9.56. The van der Waals surface area contributed by atoms with E-state index < -0.39 is 5.60 Å². The number of aliphatic hydroxyl groups is 1. The van der Waals surface area contributed by atoms with Crippen LogP contribution in [0.1, 0.15) is 25.8 Å². The molecule has 0 saturated carbocycles. The summed E-state index contributed by atoms with van der Waals surface area (Å²) in [6, 6.07) is 5.43. The normalized spacial score (nSPS) is 14.8. The van der Waals surface area contributed by atoms with Crippen molar-refractivity contribution >= 4 is 23.2 Å². The summed E-state index contributed by atoms with van der Waals surface area (Å²) in [5.41, 5.74) is 0.186. The highest BCUT2D eigenvalue weighted by Gasteiger charge is 2.16. The maximum Gasteiger partial charge on any atom is 0.0741 e. The largest absolute Gasteiger partial charge is 0.389 e. The van der Waals surface area contributed by atoms with E-state index in [-0.39, 0.29) is 0 Å². The highest BCUT2D eigenvalue weighted by molar-refractivity contribution is 6.35. The third-order valence-electron chi connectivity index (χ3n) is 2.63. The fourth-order valence-corrected chi connectivity index (χ4v) is 1.81. The van der Waals surface area contributed by atoms with Gasteiger partial charge < -0.3 is 10.4 Å². The predicted molar refractivity (Wildman–Crippen MR) is 69.1 cm³/mol. The minimum atomic E-state index is -0.687. The van der Waals surface area contributed by atoms with Gasteiger partial charge in [-0.05, 0) is 25.5 Å². The summed E-state index contributed by atoms with van der Waals surface area (Å²) in [5, 5.41) is 14.3. The molecule has 0 aliphatic carbocycles. The van der Waals surface area contributed by atoms with Crippen molar-refractivity contribution in [1.82, 2.24) is 5.32 Å². The van der Waals surface area contributed by atoms with E-state index in [4.69, 9.17) is 23.2 Å². The van der Waals surface area contributed by atoms with Crippen LogP contribution in [0, 0.1) is 0 Å². The third kappa shape index (κ3) is 3.95. The summed E-state index contributed by atoms with van der Waals surface area (Å²) in [6.07, 6.45) is 0.705. The van der Waals surface area contributed by atoms with E-state index in [1.807, 2.05) is 25.1 Å². The maximum atomic E-state index is 9.81. The lowest BCUT2D eigenvalue weighted by atomic mass is 10.0. The van der Waals surface area contributed by atoms with Gasteiger partial charge in [0.05, 0.1) is 5.60 Å². The molecule has 2 N–H and O–H groups in total. The molecule has 90 valence electrons. The fraction of sp³-hybridized carbons (Fsp3) is 0.500. The van der Waals surface area contributed by atoms with Crippen molar-refractivity contribution in [3.8, 4) is 0 Å². The van der Waals surface area contributed by atoms with Crippen LogP contribution in [-0.4, -0.2) is 17.3 Å². The fourth-order valence-electron chi connectivity index (χ4n) is 1.28. The van der Waals surface area contributed by atoms with E-state index in [0.29, 0.717) is 29.6 Å². The molecule has 4 heteroatoms. The van der Waals surface area contributed by atoms with Crippen molar-refractivity contribution in [2.45, 2.75) is 32.4 Å². The monoisotopic (exact) mass is 261 g/mol. The van der Waals surface area contributed by atoms with Crippen LogP contribution < -0.4 is 5.32 Å². The lowest BCUT2D eigenvalue weighted by molar-refractivity contribution is 0.0555. The minimum absolute atomic E-state index is 0.519. The standard InChI is InChI=1S/C12H17Cl2NO/c1-3-12(2,16)8-15-7-9-10(13)5-4-6-11(9)14/h4-6,15-16H,3,7-8H2,1-2H3. The van der Waals surface area contributed by atoms with Gasteiger partial charge in [0.2, 0.25) is 0 Å². The molecule has 1 aromatic carbocycles. The third-order valence-corrected chi connectivity index (χ3v) is 3.34. The molecular formula is C12H17Cl2NO. The van der Waals surface area contributed by atoms with E-state index in [9.17, 15) is 5.11 Å². The first-order valence-corrected chi connectivity index (χ1v) is 6.08. The van der Waals surface area contributed by atoms with Crippen LogP contribution in [0.5, 0.6) is 0 Å². The molecule has 0 fully saturated rings. The molecule has 1 aromatic rings. The average Bonchev–Trinajstić information content (AvgIpc) is 2.22. The molecule has 0 heterocycles. The zero-order valence-corrected chi connectivity index (χ0v) is 11.1. The highest BCUT2D eigenvalue weighted by atomic mass is 35.5. The molecule has 0 aliphatic heterocycles. The molecule has 0 radical (unpaired) electrons. The number of hydrogen-bond donors (Lipinski definition) is 2. The summed E-state index contributed by atoms with van der Waals surface area (Å²) >= 11 is 12.1. The Morgan fingerprint density at radius 1 is 1.31 bits per heavy atom. The summed E-state index contributed by atoms with van der Waals surface area (Å²) in [6.45, 7) is 4.83. The van der Waals surface area contributed by atoms with Crippen molar-refractivity contribution in [2.75, 3.05) is 6.54 Å². The van der Waals surface area contributed by atoms with Gasteiger partial charge in [-0.1, -0.05) is 36.2 Å². The topological polar surface area (TPSA) is 32.3 Å². The molecule has 1 unspecified atom stereocenters. The Balaban J connectivity index is 2.56. The highest BCUT2D eigenvalue weighted by Crippen LogP contribution is 2.23. The Hall–Kier alpha value is -0.280. The number of benzene rings is 1. The van der Waals surface area contributed by atoms with Crippen LogP contribution in [0.15, 0.2) is 18.2 Å². The quantitative estimate of drug-likeness (QED) is 0.853. The van der Waals surface area contributed by atoms with Crippen LogP contribution in [0.25, 0.3) is 0 Å². The summed E-state index contributed by atoms with van der Waals surface area (Å²) in [7, 11) is 0. The van der Waals surface area contributed by atoms with Crippen molar-refractivity contribution in [2.24, 2.45) is 0 Å². The second-order valence-electron chi connectivity index (χ2n) is 4.15. The lowest BCUT2D eigenvalue weighted by Gasteiger charge is -2.22. The Morgan fingerprint density at radius 3 is 2.38 bits per heavy atom. The Labute approximate surface area is 107 Å². The van der Waals surface area contributed by atoms with Gasteiger partial charge in [-0.25, -0.2) is 0 Å². The first-order valence-electron chi connectivity index (χ1n) is 5.32. The van der Waals surface area contributed by atoms with E-state index in [0.717, 1.165) is 5.56 Å². The number of nitrogens with one attached hydrogen (secondary N) is 1. The number of rotatable bonds is 5. The first-order chi connectivity index (χ1) is 7.46. The van der Waals surface area contributed by atoms with Gasteiger partial charge in [0.25, 0.3) is 0 Å². The van der Waals surface area contributed by atoms with Crippen molar-refractivity contribution < 1.29 is 5.11 Å². The second kappa shape index (κ2) is 5.87. The Bertz CT molecular complexity index is 333. The minimum Gasteiger partial charge on any atom is -0.389 e. The summed E-state index contributed by atoms with van der Waals surface area (Å²) < 4.78 is 0.